The van der Waals surface area contributed by atoms with Crippen LogP contribution in [0.4, 0.5) is 5.82 Å². The normalized spacial score (nSPS) is 12.2. The van der Waals surface area contributed by atoms with Crippen molar-refractivity contribution in [1.82, 2.24) is 15.0 Å². The highest BCUT2D eigenvalue weighted by molar-refractivity contribution is 5.87. The van der Waals surface area contributed by atoms with Gasteiger partial charge in [-0.3, -0.25) is 0 Å². The van der Waals surface area contributed by atoms with Crippen LogP contribution in [-0.4, -0.2) is 15.0 Å². The third-order valence-corrected chi connectivity index (χ3v) is 2.30. The lowest BCUT2D eigenvalue weighted by molar-refractivity contribution is 0.594. The Morgan fingerprint density at radius 2 is 2.00 bits per heavy atom. The zero-order valence-corrected chi connectivity index (χ0v) is 8.63. The van der Waals surface area contributed by atoms with Gasteiger partial charge in [-0.1, -0.05) is 20.8 Å². The Balaban J connectivity index is 2.76. The molecular formula is C10H14N4. The van der Waals surface area contributed by atoms with Crippen LogP contribution in [0.5, 0.6) is 0 Å². The van der Waals surface area contributed by atoms with Gasteiger partial charge in [-0.2, -0.15) is 0 Å². The first-order valence-corrected chi connectivity index (χ1v) is 4.58. The highest BCUT2D eigenvalue weighted by Crippen LogP contribution is 2.29. The molecule has 3 N–H and O–H groups in total. The van der Waals surface area contributed by atoms with Crippen molar-refractivity contribution in [3.8, 4) is 0 Å². The lowest BCUT2D eigenvalue weighted by Gasteiger charge is -2.16. The summed E-state index contributed by atoms with van der Waals surface area (Å²) in [4.78, 5) is 11.3. The molecule has 2 heterocycles. The molecule has 0 saturated carbocycles. The first-order valence-electron chi connectivity index (χ1n) is 4.58. The monoisotopic (exact) mass is 190 g/mol. The number of H-pyrrole nitrogens is 1. The Kier molecular flexibility index (Phi) is 1.74. The van der Waals surface area contributed by atoms with E-state index in [-0.39, 0.29) is 5.41 Å². The van der Waals surface area contributed by atoms with Crippen LogP contribution in [0.25, 0.3) is 11.0 Å². The van der Waals surface area contributed by atoms with Gasteiger partial charge in [-0.25, -0.2) is 9.97 Å². The lowest BCUT2D eigenvalue weighted by atomic mass is 9.88. The maximum Gasteiger partial charge on any atom is 0.151 e. The number of fused-ring (bicyclic) bond motifs is 1. The first kappa shape index (κ1) is 8.99. The summed E-state index contributed by atoms with van der Waals surface area (Å²) < 4.78 is 0. The van der Waals surface area contributed by atoms with Crippen LogP contribution in [0.1, 0.15) is 26.3 Å². The van der Waals surface area contributed by atoms with Gasteiger partial charge in [0.25, 0.3) is 0 Å². The summed E-state index contributed by atoms with van der Waals surface area (Å²) >= 11 is 0. The lowest BCUT2D eigenvalue weighted by Crippen LogP contribution is -2.10. The van der Waals surface area contributed by atoms with E-state index in [1.165, 1.54) is 11.9 Å². The fourth-order valence-electron chi connectivity index (χ4n) is 1.53. The van der Waals surface area contributed by atoms with E-state index < -0.39 is 0 Å². The highest BCUT2D eigenvalue weighted by atomic mass is 14.9. The van der Waals surface area contributed by atoms with Gasteiger partial charge in [0.05, 0.1) is 5.52 Å². The largest absolute Gasteiger partial charge is 0.382 e. The van der Waals surface area contributed by atoms with Crippen LogP contribution in [0.15, 0.2) is 12.5 Å². The van der Waals surface area contributed by atoms with E-state index in [0.717, 1.165) is 11.0 Å². The second-order valence-corrected chi connectivity index (χ2v) is 4.43. The Morgan fingerprint density at radius 3 is 2.64 bits per heavy atom. The predicted octanol–water partition coefficient (Wildman–Crippen LogP) is 1.84. The second-order valence-electron chi connectivity index (χ2n) is 4.43. The number of nitrogens with one attached hydrogen (secondary N) is 1. The van der Waals surface area contributed by atoms with Gasteiger partial charge in [0.15, 0.2) is 5.82 Å². The van der Waals surface area contributed by atoms with Crippen molar-refractivity contribution in [2.75, 3.05) is 5.73 Å². The molecule has 0 spiro atoms. The van der Waals surface area contributed by atoms with Crippen LogP contribution in [-0.2, 0) is 5.41 Å². The molecule has 0 saturated heterocycles. The van der Waals surface area contributed by atoms with E-state index in [0.29, 0.717) is 5.82 Å². The average molecular weight is 190 g/mol. The Hall–Kier alpha value is -1.58. The van der Waals surface area contributed by atoms with Crippen LogP contribution < -0.4 is 5.73 Å². The minimum Gasteiger partial charge on any atom is -0.382 e. The number of aromatic amines is 1. The van der Waals surface area contributed by atoms with Gasteiger partial charge in [0.2, 0.25) is 0 Å². The molecule has 14 heavy (non-hydrogen) atoms. The SMILES string of the molecule is CC(C)(C)c1c[nH]c2c(N)ncnc12. The minimum atomic E-state index is 0.0685. The molecule has 0 bridgehead atoms. The minimum absolute atomic E-state index is 0.0685. The number of nitrogens with two attached hydrogens (primary N) is 1. The van der Waals surface area contributed by atoms with Gasteiger partial charge in [0.1, 0.15) is 11.8 Å². The standard InChI is InChI=1S/C10H14N4/c1-10(2,3)6-4-12-8-7(6)13-5-14-9(8)11/h4-5,12H,1-3H3,(H2,11,13,14). The molecule has 74 valence electrons. The first-order chi connectivity index (χ1) is 6.50. The number of hydrogen-bond donors (Lipinski definition) is 2. The number of anilines is 1. The van der Waals surface area contributed by atoms with Crippen LogP contribution in [0, 0.1) is 0 Å². The van der Waals surface area contributed by atoms with Crippen molar-refractivity contribution in [2.45, 2.75) is 26.2 Å². The molecule has 0 fully saturated rings. The van der Waals surface area contributed by atoms with Crippen molar-refractivity contribution in [2.24, 2.45) is 0 Å². The molecule has 4 nitrogen and oxygen atoms in total. The van der Waals surface area contributed by atoms with Gasteiger partial charge in [-0.15, -0.1) is 0 Å². The molecular weight excluding hydrogens is 176 g/mol. The van der Waals surface area contributed by atoms with E-state index in [1.54, 1.807) is 0 Å². The zero-order chi connectivity index (χ0) is 10.3. The van der Waals surface area contributed by atoms with E-state index in [1.807, 2.05) is 6.20 Å². The van der Waals surface area contributed by atoms with Crippen molar-refractivity contribution in [3.05, 3.63) is 18.1 Å². The Bertz CT molecular complexity index is 464. The molecule has 0 amide bonds. The summed E-state index contributed by atoms with van der Waals surface area (Å²) in [6, 6.07) is 0. The summed E-state index contributed by atoms with van der Waals surface area (Å²) in [6.45, 7) is 6.44. The van der Waals surface area contributed by atoms with Gasteiger partial charge < -0.3 is 10.7 Å². The third kappa shape index (κ3) is 1.23. The molecule has 2 aromatic rings. The maximum absolute atomic E-state index is 5.73. The molecule has 2 aromatic heterocycles. The molecule has 4 heteroatoms. The fourth-order valence-corrected chi connectivity index (χ4v) is 1.53. The number of hydrogen-bond acceptors (Lipinski definition) is 3. The molecule has 0 atom stereocenters. The topological polar surface area (TPSA) is 67.6 Å². The molecule has 0 aliphatic rings. The van der Waals surface area contributed by atoms with E-state index >= 15 is 0 Å². The van der Waals surface area contributed by atoms with Crippen molar-refractivity contribution < 1.29 is 0 Å². The van der Waals surface area contributed by atoms with Crippen molar-refractivity contribution in [3.63, 3.8) is 0 Å². The average Bonchev–Trinajstić information content (AvgIpc) is 2.47. The number of nitrogen functional groups attached to an aromatic ring is 1. The molecule has 0 aliphatic heterocycles. The van der Waals surface area contributed by atoms with E-state index in [4.69, 9.17) is 5.73 Å². The Morgan fingerprint density at radius 1 is 1.29 bits per heavy atom. The van der Waals surface area contributed by atoms with Crippen molar-refractivity contribution in [1.29, 1.82) is 0 Å². The molecule has 0 unspecified atom stereocenters. The molecule has 0 radical (unpaired) electrons. The van der Waals surface area contributed by atoms with Crippen LogP contribution in [0.2, 0.25) is 0 Å². The summed E-state index contributed by atoms with van der Waals surface area (Å²) in [5.74, 6) is 0.505. The quantitative estimate of drug-likeness (QED) is 0.666. The summed E-state index contributed by atoms with van der Waals surface area (Å²) in [6.07, 6.45) is 3.45. The Labute approximate surface area is 82.6 Å². The zero-order valence-electron chi connectivity index (χ0n) is 8.63. The fraction of sp³-hybridized carbons (Fsp3) is 0.400. The highest BCUT2D eigenvalue weighted by Gasteiger charge is 2.19. The van der Waals surface area contributed by atoms with Gasteiger partial charge >= 0.3 is 0 Å². The summed E-state index contributed by atoms with van der Waals surface area (Å²) in [5, 5.41) is 0. The van der Waals surface area contributed by atoms with E-state index in [2.05, 4.69) is 35.7 Å². The molecule has 0 aliphatic carbocycles. The number of aromatic nitrogens is 3. The molecule has 2 rings (SSSR count). The number of rotatable bonds is 0. The second kappa shape index (κ2) is 2.70. The summed E-state index contributed by atoms with van der Waals surface area (Å²) in [7, 11) is 0. The molecule has 0 aromatic carbocycles. The van der Waals surface area contributed by atoms with Gasteiger partial charge in [-0.05, 0) is 5.41 Å². The van der Waals surface area contributed by atoms with Crippen LogP contribution in [0.3, 0.4) is 0 Å². The van der Waals surface area contributed by atoms with Crippen LogP contribution >= 0.6 is 0 Å². The van der Waals surface area contributed by atoms with Crippen molar-refractivity contribution >= 4 is 16.9 Å². The third-order valence-electron chi connectivity index (χ3n) is 2.30. The van der Waals surface area contributed by atoms with E-state index in [9.17, 15) is 0 Å². The summed E-state index contributed by atoms with van der Waals surface area (Å²) in [5.41, 5.74) is 8.72. The predicted molar refractivity (Wildman–Crippen MR) is 57.0 cm³/mol. The van der Waals surface area contributed by atoms with Gasteiger partial charge in [0, 0.05) is 11.8 Å². The maximum atomic E-state index is 5.73. The smallest absolute Gasteiger partial charge is 0.151 e. The number of nitrogens with zero attached hydrogens (tertiary/aromatic N) is 2.